The number of tetrazole rings is 1. The van der Waals surface area contributed by atoms with Crippen molar-refractivity contribution in [2.24, 2.45) is 0 Å². The van der Waals surface area contributed by atoms with E-state index in [0.29, 0.717) is 6.54 Å². The van der Waals surface area contributed by atoms with Gasteiger partial charge in [-0.25, -0.2) is 0 Å². The zero-order chi connectivity index (χ0) is 16.9. The molecule has 24 heavy (non-hydrogen) atoms. The van der Waals surface area contributed by atoms with Crippen LogP contribution in [0.5, 0.6) is 5.75 Å². The quantitative estimate of drug-likeness (QED) is 0.698. The SMILES string of the molecule is COc1ccccc1C(C)N(C)Cc1nnnn1-c1ccccc1. The summed E-state index contributed by atoms with van der Waals surface area (Å²) in [5.41, 5.74) is 2.09. The molecule has 6 heteroatoms. The van der Waals surface area contributed by atoms with Gasteiger partial charge in [-0.3, -0.25) is 4.90 Å². The van der Waals surface area contributed by atoms with Crippen molar-refractivity contribution >= 4 is 0 Å². The number of methoxy groups -OCH3 is 1. The Kier molecular flexibility index (Phi) is 4.86. The van der Waals surface area contributed by atoms with Crippen molar-refractivity contribution in [3.05, 3.63) is 66.0 Å². The van der Waals surface area contributed by atoms with Crippen LogP contribution in [0.3, 0.4) is 0 Å². The minimum absolute atomic E-state index is 0.169. The minimum atomic E-state index is 0.169. The number of para-hydroxylation sites is 2. The molecule has 2 aromatic carbocycles. The molecular formula is C18H21N5O. The van der Waals surface area contributed by atoms with Crippen molar-refractivity contribution in [1.29, 1.82) is 0 Å². The fourth-order valence-corrected chi connectivity index (χ4v) is 2.68. The van der Waals surface area contributed by atoms with Crippen molar-refractivity contribution in [2.75, 3.05) is 14.2 Å². The first-order chi connectivity index (χ1) is 11.7. The lowest BCUT2D eigenvalue weighted by atomic mass is 10.1. The highest BCUT2D eigenvalue weighted by Crippen LogP contribution is 2.28. The van der Waals surface area contributed by atoms with Crippen LogP contribution in [0.15, 0.2) is 54.6 Å². The third kappa shape index (κ3) is 3.28. The number of nitrogens with zero attached hydrogens (tertiary/aromatic N) is 5. The number of rotatable bonds is 6. The van der Waals surface area contributed by atoms with Gasteiger partial charge in [-0.15, -0.1) is 5.10 Å². The van der Waals surface area contributed by atoms with Gasteiger partial charge in [0, 0.05) is 11.6 Å². The summed E-state index contributed by atoms with van der Waals surface area (Å²) in [7, 11) is 3.75. The maximum atomic E-state index is 5.47. The Balaban J connectivity index is 1.81. The summed E-state index contributed by atoms with van der Waals surface area (Å²) < 4.78 is 7.24. The van der Waals surface area contributed by atoms with E-state index in [-0.39, 0.29) is 6.04 Å². The van der Waals surface area contributed by atoms with Gasteiger partial charge in [0.25, 0.3) is 0 Å². The summed E-state index contributed by atoms with van der Waals surface area (Å²) in [5, 5.41) is 12.1. The molecule has 6 nitrogen and oxygen atoms in total. The zero-order valence-corrected chi connectivity index (χ0v) is 14.1. The average Bonchev–Trinajstić information content (AvgIpc) is 3.09. The highest BCUT2D eigenvalue weighted by molar-refractivity contribution is 5.35. The van der Waals surface area contributed by atoms with Gasteiger partial charge < -0.3 is 4.74 Å². The lowest BCUT2D eigenvalue weighted by Gasteiger charge is -2.25. The molecule has 1 unspecified atom stereocenters. The summed E-state index contributed by atoms with van der Waals surface area (Å²) in [6.45, 7) is 2.77. The molecule has 0 spiro atoms. The second kappa shape index (κ2) is 7.23. The summed E-state index contributed by atoms with van der Waals surface area (Å²) in [4.78, 5) is 2.20. The predicted molar refractivity (Wildman–Crippen MR) is 92.0 cm³/mol. The van der Waals surface area contributed by atoms with E-state index in [9.17, 15) is 0 Å². The summed E-state index contributed by atoms with van der Waals surface area (Å²) in [6, 6.07) is 18.1. The molecule has 0 amide bonds. The number of aromatic nitrogens is 4. The molecule has 0 N–H and O–H groups in total. The third-order valence-corrected chi connectivity index (χ3v) is 4.18. The van der Waals surface area contributed by atoms with Gasteiger partial charge in [0.1, 0.15) is 5.75 Å². The van der Waals surface area contributed by atoms with Crippen LogP contribution in [-0.2, 0) is 6.54 Å². The number of hydrogen-bond donors (Lipinski definition) is 0. The number of ether oxygens (including phenoxy) is 1. The van der Waals surface area contributed by atoms with E-state index in [0.717, 1.165) is 22.8 Å². The summed E-state index contributed by atoms with van der Waals surface area (Å²) in [5.74, 6) is 1.69. The van der Waals surface area contributed by atoms with Crippen LogP contribution in [-0.4, -0.2) is 39.3 Å². The summed E-state index contributed by atoms with van der Waals surface area (Å²) >= 11 is 0. The van der Waals surface area contributed by atoms with Gasteiger partial charge >= 0.3 is 0 Å². The standard InChI is InChI=1S/C18H21N5O/c1-14(16-11-7-8-12-17(16)24-3)22(2)13-18-19-20-21-23(18)15-9-5-4-6-10-15/h4-12,14H,13H2,1-3H3. The third-order valence-electron chi connectivity index (χ3n) is 4.18. The molecule has 0 radical (unpaired) electrons. The zero-order valence-electron chi connectivity index (χ0n) is 14.1. The second-order valence-corrected chi connectivity index (χ2v) is 5.68. The molecular weight excluding hydrogens is 302 g/mol. The van der Waals surface area contributed by atoms with Crippen molar-refractivity contribution in [2.45, 2.75) is 19.5 Å². The fraction of sp³-hybridized carbons (Fsp3) is 0.278. The largest absolute Gasteiger partial charge is 0.496 e. The highest BCUT2D eigenvalue weighted by Gasteiger charge is 2.18. The Hall–Kier alpha value is -2.73. The molecule has 0 aliphatic rings. The molecule has 1 aromatic heterocycles. The maximum absolute atomic E-state index is 5.47. The van der Waals surface area contributed by atoms with E-state index in [4.69, 9.17) is 4.74 Å². The van der Waals surface area contributed by atoms with Gasteiger partial charge in [0.15, 0.2) is 5.82 Å². The van der Waals surface area contributed by atoms with E-state index in [1.165, 1.54) is 0 Å². The second-order valence-electron chi connectivity index (χ2n) is 5.68. The van der Waals surface area contributed by atoms with Crippen LogP contribution >= 0.6 is 0 Å². The first kappa shape index (κ1) is 16.1. The van der Waals surface area contributed by atoms with Gasteiger partial charge in [-0.05, 0) is 42.6 Å². The van der Waals surface area contributed by atoms with Gasteiger partial charge in [0.2, 0.25) is 0 Å². The van der Waals surface area contributed by atoms with E-state index < -0.39 is 0 Å². The van der Waals surface area contributed by atoms with Crippen LogP contribution in [0.1, 0.15) is 24.4 Å². The normalized spacial score (nSPS) is 12.3. The molecule has 1 heterocycles. The topological polar surface area (TPSA) is 56.1 Å². The van der Waals surface area contributed by atoms with Crippen LogP contribution in [0.4, 0.5) is 0 Å². The Labute approximate surface area is 141 Å². The lowest BCUT2D eigenvalue weighted by Crippen LogP contribution is -2.24. The van der Waals surface area contributed by atoms with Crippen molar-refractivity contribution in [3.63, 3.8) is 0 Å². The van der Waals surface area contributed by atoms with Crippen LogP contribution < -0.4 is 4.74 Å². The van der Waals surface area contributed by atoms with Gasteiger partial charge in [0.05, 0.1) is 19.3 Å². The fourth-order valence-electron chi connectivity index (χ4n) is 2.68. The first-order valence-electron chi connectivity index (χ1n) is 7.86. The molecule has 0 saturated carbocycles. The molecule has 0 aliphatic heterocycles. The molecule has 0 bridgehead atoms. The summed E-state index contributed by atoms with van der Waals surface area (Å²) in [6.07, 6.45) is 0. The number of hydrogen-bond acceptors (Lipinski definition) is 5. The Bertz CT molecular complexity index is 787. The van der Waals surface area contributed by atoms with Crippen molar-refractivity contribution in [1.82, 2.24) is 25.1 Å². The molecule has 3 aromatic rings. The molecule has 124 valence electrons. The van der Waals surface area contributed by atoms with E-state index in [2.05, 4.69) is 40.5 Å². The van der Waals surface area contributed by atoms with E-state index in [1.54, 1.807) is 11.8 Å². The predicted octanol–water partition coefficient (Wildman–Crippen LogP) is 2.86. The Morgan fingerprint density at radius 3 is 2.54 bits per heavy atom. The molecule has 0 fully saturated rings. The molecule has 0 aliphatic carbocycles. The Morgan fingerprint density at radius 1 is 1.08 bits per heavy atom. The average molecular weight is 323 g/mol. The van der Waals surface area contributed by atoms with Crippen molar-refractivity contribution in [3.8, 4) is 11.4 Å². The van der Waals surface area contributed by atoms with E-state index >= 15 is 0 Å². The lowest BCUT2D eigenvalue weighted by molar-refractivity contribution is 0.239. The Morgan fingerprint density at radius 2 is 1.79 bits per heavy atom. The molecule has 0 saturated heterocycles. The molecule has 3 rings (SSSR count). The smallest absolute Gasteiger partial charge is 0.170 e. The van der Waals surface area contributed by atoms with Crippen LogP contribution in [0.2, 0.25) is 0 Å². The van der Waals surface area contributed by atoms with Gasteiger partial charge in [-0.2, -0.15) is 4.68 Å². The minimum Gasteiger partial charge on any atom is -0.496 e. The van der Waals surface area contributed by atoms with Gasteiger partial charge in [-0.1, -0.05) is 36.4 Å². The molecule has 1 atom stereocenters. The highest BCUT2D eigenvalue weighted by atomic mass is 16.5. The maximum Gasteiger partial charge on any atom is 0.170 e. The monoisotopic (exact) mass is 323 g/mol. The van der Waals surface area contributed by atoms with E-state index in [1.807, 2.05) is 48.5 Å². The van der Waals surface area contributed by atoms with Crippen LogP contribution in [0.25, 0.3) is 5.69 Å². The first-order valence-corrected chi connectivity index (χ1v) is 7.86. The number of benzene rings is 2. The van der Waals surface area contributed by atoms with Crippen LogP contribution in [0, 0.1) is 0 Å². The van der Waals surface area contributed by atoms with Crippen molar-refractivity contribution < 1.29 is 4.74 Å².